The van der Waals surface area contributed by atoms with Crippen molar-refractivity contribution in [3.8, 4) is 0 Å². The van der Waals surface area contributed by atoms with Crippen molar-refractivity contribution in [3.05, 3.63) is 59.7 Å². The molecule has 19 heavy (non-hydrogen) atoms. The van der Waals surface area contributed by atoms with Crippen LogP contribution in [-0.2, 0) is 4.74 Å². The predicted molar refractivity (Wildman–Crippen MR) is 67.9 cm³/mol. The fourth-order valence-corrected chi connectivity index (χ4v) is 1.60. The van der Waals surface area contributed by atoms with E-state index in [4.69, 9.17) is 4.74 Å². The van der Waals surface area contributed by atoms with Gasteiger partial charge in [0.1, 0.15) is 0 Å². The lowest BCUT2D eigenvalue weighted by atomic mass is 10.0. The Morgan fingerprint density at radius 2 is 2.00 bits per heavy atom. The fourth-order valence-electron chi connectivity index (χ4n) is 1.60. The van der Waals surface area contributed by atoms with Crippen LogP contribution in [-0.4, -0.2) is 28.3 Å². The molecule has 0 unspecified atom stereocenters. The van der Waals surface area contributed by atoms with Gasteiger partial charge in [0.15, 0.2) is 11.5 Å². The molecule has 0 aliphatic heterocycles. The van der Waals surface area contributed by atoms with Crippen molar-refractivity contribution in [1.82, 2.24) is 9.97 Å². The normalized spacial score (nSPS) is 9.95. The quantitative estimate of drug-likeness (QED) is 0.617. The van der Waals surface area contributed by atoms with E-state index in [1.54, 1.807) is 37.4 Å². The summed E-state index contributed by atoms with van der Waals surface area (Å²) in [5.41, 5.74) is 0.646. The van der Waals surface area contributed by atoms with Crippen molar-refractivity contribution in [2.24, 2.45) is 0 Å². The Kier molecular flexibility index (Phi) is 3.97. The first-order valence-corrected chi connectivity index (χ1v) is 5.81. The molecule has 0 amide bonds. The second-order valence-corrected chi connectivity index (χ2v) is 3.69. The first kappa shape index (κ1) is 12.9. The van der Waals surface area contributed by atoms with Crippen molar-refractivity contribution in [3.63, 3.8) is 0 Å². The Balaban J connectivity index is 2.40. The van der Waals surface area contributed by atoms with Crippen LogP contribution in [0.1, 0.15) is 33.3 Å². The molecule has 5 heteroatoms. The molecule has 0 aliphatic carbocycles. The van der Waals surface area contributed by atoms with Crippen LogP contribution in [0.3, 0.4) is 0 Å². The monoisotopic (exact) mass is 256 g/mol. The Morgan fingerprint density at radius 3 is 2.68 bits per heavy atom. The van der Waals surface area contributed by atoms with Gasteiger partial charge in [0.05, 0.1) is 12.2 Å². The minimum absolute atomic E-state index is 0.0261. The molecule has 0 saturated heterocycles. The minimum Gasteiger partial charge on any atom is -0.461 e. The van der Waals surface area contributed by atoms with E-state index < -0.39 is 5.97 Å². The lowest BCUT2D eigenvalue weighted by Gasteiger charge is -2.06. The smallest absolute Gasteiger partial charge is 0.357 e. The number of carbonyl (C=O) groups excluding carboxylic acids is 2. The number of pyridine rings is 2. The number of nitrogens with zero attached hydrogens (tertiary/aromatic N) is 2. The molecule has 0 N–H and O–H groups in total. The summed E-state index contributed by atoms with van der Waals surface area (Å²) in [5.74, 6) is -0.903. The molecule has 96 valence electrons. The summed E-state index contributed by atoms with van der Waals surface area (Å²) in [7, 11) is 0. The molecule has 0 saturated carbocycles. The zero-order valence-corrected chi connectivity index (χ0v) is 10.4. The molecule has 0 fully saturated rings. The average molecular weight is 256 g/mol. The topological polar surface area (TPSA) is 69.2 Å². The first-order chi connectivity index (χ1) is 9.24. The van der Waals surface area contributed by atoms with Gasteiger partial charge in [-0.1, -0.05) is 0 Å². The molecule has 5 nitrogen and oxygen atoms in total. The van der Waals surface area contributed by atoms with Gasteiger partial charge in [0.25, 0.3) is 0 Å². The lowest BCUT2D eigenvalue weighted by Crippen LogP contribution is -2.14. The molecular weight excluding hydrogens is 244 g/mol. The number of esters is 1. The van der Waals surface area contributed by atoms with Crippen LogP contribution in [0.15, 0.2) is 42.9 Å². The molecule has 2 heterocycles. The summed E-state index contributed by atoms with van der Waals surface area (Å²) in [4.78, 5) is 31.8. The molecule has 2 aromatic rings. The standard InChI is InChI=1S/C14H12N2O3/c1-2-19-14(18)12-11(6-4-8-16-12)13(17)10-5-3-7-15-9-10/h3-9H,2H2,1H3. The van der Waals surface area contributed by atoms with Crippen molar-refractivity contribution in [2.75, 3.05) is 6.61 Å². The van der Waals surface area contributed by atoms with E-state index in [9.17, 15) is 9.59 Å². The predicted octanol–water partition coefficient (Wildman–Crippen LogP) is 1.88. The highest BCUT2D eigenvalue weighted by Crippen LogP contribution is 2.13. The van der Waals surface area contributed by atoms with Crippen molar-refractivity contribution in [1.29, 1.82) is 0 Å². The van der Waals surface area contributed by atoms with Gasteiger partial charge < -0.3 is 4.74 Å². The van der Waals surface area contributed by atoms with Crippen molar-refractivity contribution >= 4 is 11.8 Å². The zero-order chi connectivity index (χ0) is 13.7. The van der Waals surface area contributed by atoms with Gasteiger partial charge in [-0.15, -0.1) is 0 Å². The van der Waals surface area contributed by atoms with Gasteiger partial charge in [-0.25, -0.2) is 9.78 Å². The number of ketones is 1. The van der Waals surface area contributed by atoms with E-state index in [-0.39, 0.29) is 23.6 Å². The van der Waals surface area contributed by atoms with E-state index in [2.05, 4.69) is 9.97 Å². The van der Waals surface area contributed by atoms with E-state index in [0.717, 1.165) is 0 Å². The first-order valence-electron chi connectivity index (χ1n) is 5.81. The molecule has 0 bridgehead atoms. The molecule has 0 aliphatic rings. The van der Waals surface area contributed by atoms with Crippen molar-refractivity contribution in [2.45, 2.75) is 6.92 Å². The molecule has 0 spiro atoms. The lowest BCUT2D eigenvalue weighted by molar-refractivity contribution is 0.0516. The molecule has 0 aromatic carbocycles. The second kappa shape index (κ2) is 5.86. The summed E-state index contributed by atoms with van der Waals surface area (Å²) < 4.78 is 4.89. The van der Waals surface area contributed by atoms with E-state index in [0.29, 0.717) is 5.56 Å². The van der Waals surface area contributed by atoms with Gasteiger partial charge in [-0.05, 0) is 31.2 Å². The highest BCUT2D eigenvalue weighted by Gasteiger charge is 2.20. The van der Waals surface area contributed by atoms with E-state index in [1.807, 2.05) is 0 Å². The molecule has 2 aromatic heterocycles. The molecule has 2 rings (SSSR count). The fraction of sp³-hybridized carbons (Fsp3) is 0.143. The van der Waals surface area contributed by atoms with Crippen LogP contribution in [0.5, 0.6) is 0 Å². The Bertz CT molecular complexity index is 597. The van der Waals surface area contributed by atoms with E-state index in [1.165, 1.54) is 12.4 Å². The van der Waals surface area contributed by atoms with Gasteiger partial charge in [0.2, 0.25) is 0 Å². The second-order valence-electron chi connectivity index (χ2n) is 3.69. The van der Waals surface area contributed by atoms with Crippen LogP contribution in [0.4, 0.5) is 0 Å². The number of hydrogen-bond donors (Lipinski definition) is 0. The summed E-state index contributed by atoms with van der Waals surface area (Å²) >= 11 is 0. The molecular formula is C14H12N2O3. The third-order valence-electron chi connectivity index (χ3n) is 2.44. The number of aromatic nitrogens is 2. The summed E-state index contributed by atoms with van der Waals surface area (Å²) in [6.07, 6.45) is 4.48. The average Bonchev–Trinajstić information content (AvgIpc) is 2.47. The number of hydrogen-bond acceptors (Lipinski definition) is 5. The Labute approximate surface area is 110 Å². The molecule has 0 atom stereocenters. The van der Waals surface area contributed by atoms with Gasteiger partial charge in [-0.3, -0.25) is 9.78 Å². The van der Waals surface area contributed by atoms with Crippen LogP contribution in [0, 0.1) is 0 Å². The largest absolute Gasteiger partial charge is 0.461 e. The maximum Gasteiger partial charge on any atom is 0.357 e. The Hall–Kier alpha value is -2.56. The van der Waals surface area contributed by atoms with E-state index >= 15 is 0 Å². The van der Waals surface area contributed by atoms with Crippen LogP contribution in [0.25, 0.3) is 0 Å². The van der Waals surface area contributed by atoms with Gasteiger partial charge >= 0.3 is 5.97 Å². The van der Waals surface area contributed by atoms with Crippen LogP contribution in [0.2, 0.25) is 0 Å². The highest BCUT2D eigenvalue weighted by atomic mass is 16.5. The van der Waals surface area contributed by atoms with Gasteiger partial charge in [-0.2, -0.15) is 0 Å². The summed E-state index contributed by atoms with van der Waals surface area (Å²) in [6, 6.07) is 6.45. The third-order valence-corrected chi connectivity index (χ3v) is 2.44. The van der Waals surface area contributed by atoms with Gasteiger partial charge in [0, 0.05) is 24.2 Å². The summed E-state index contributed by atoms with van der Waals surface area (Å²) in [6.45, 7) is 1.93. The number of rotatable bonds is 4. The minimum atomic E-state index is -0.602. The van der Waals surface area contributed by atoms with Crippen molar-refractivity contribution < 1.29 is 14.3 Å². The summed E-state index contributed by atoms with van der Waals surface area (Å²) in [5, 5.41) is 0. The van der Waals surface area contributed by atoms with Crippen LogP contribution < -0.4 is 0 Å². The maximum absolute atomic E-state index is 12.3. The highest BCUT2D eigenvalue weighted by molar-refractivity contribution is 6.13. The zero-order valence-electron chi connectivity index (χ0n) is 10.4. The maximum atomic E-state index is 12.3. The van der Waals surface area contributed by atoms with Crippen LogP contribution >= 0.6 is 0 Å². The number of carbonyl (C=O) groups is 2. The molecule has 0 radical (unpaired) electrons. The number of ether oxygens (including phenoxy) is 1. The SMILES string of the molecule is CCOC(=O)c1ncccc1C(=O)c1cccnc1. The third kappa shape index (κ3) is 2.82. The Morgan fingerprint density at radius 1 is 1.21 bits per heavy atom.